The van der Waals surface area contributed by atoms with Crippen molar-refractivity contribution in [2.75, 3.05) is 6.54 Å². The molecule has 0 radical (unpaired) electrons. The standard InChI is InChI=1S/C18H17N3S.ClHO4/c1-3-13-19-18-20-17(15-7-5-4-6-8-15)21(22-18)16-11-9-14(2)10-12-16;2-1(3,4)5/h3-12H,1,13H2,2H3;(H,2,3,4,5). The topological polar surface area (TPSA) is 120 Å². The Hall–Kier alpha value is -2.33. The van der Waals surface area contributed by atoms with Crippen molar-refractivity contribution in [2.24, 2.45) is 4.99 Å². The highest BCUT2D eigenvalue weighted by atomic mass is 35.7. The van der Waals surface area contributed by atoms with Gasteiger partial charge in [-0.1, -0.05) is 54.1 Å². The van der Waals surface area contributed by atoms with E-state index in [4.69, 9.17) is 18.6 Å². The van der Waals surface area contributed by atoms with Gasteiger partial charge in [0, 0.05) is 5.56 Å². The van der Waals surface area contributed by atoms with E-state index in [1.807, 2.05) is 18.2 Å². The van der Waals surface area contributed by atoms with Crippen molar-refractivity contribution in [3.05, 3.63) is 77.6 Å². The predicted molar refractivity (Wildman–Crippen MR) is 94.5 cm³/mol. The van der Waals surface area contributed by atoms with Gasteiger partial charge in [-0.3, -0.25) is 4.99 Å². The molecule has 142 valence electrons. The summed E-state index contributed by atoms with van der Waals surface area (Å²) in [5.41, 5.74) is 3.42. The number of nitrogens with zero attached hydrogens (tertiary/aromatic N) is 3. The summed E-state index contributed by atoms with van der Waals surface area (Å²) >= 11 is 1.54. The number of aryl methyl sites for hydroxylation is 1. The summed E-state index contributed by atoms with van der Waals surface area (Å²) in [6.45, 7) is 6.37. The van der Waals surface area contributed by atoms with Crippen LogP contribution in [0.5, 0.6) is 0 Å². The van der Waals surface area contributed by atoms with E-state index in [0.717, 1.165) is 21.9 Å². The van der Waals surface area contributed by atoms with Gasteiger partial charge < -0.3 is 0 Å². The summed E-state index contributed by atoms with van der Waals surface area (Å²) in [6.07, 6.45) is 1.78. The largest absolute Gasteiger partial charge is 0.252 e. The highest BCUT2D eigenvalue weighted by molar-refractivity contribution is 7.04. The van der Waals surface area contributed by atoms with E-state index in [9.17, 15) is 0 Å². The van der Waals surface area contributed by atoms with Crippen molar-refractivity contribution < 1.29 is 28.9 Å². The second-order valence-corrected chi connectivity index (χ2v) is 7.04. The van der Waals surface area contributed by atoms with Crippen LogP contribution in [0, 0.1) is 17.2 Å². The third-order valence-electron chi connectivity index (χ3n) is 3.22. The van der Waals surface area contributed by atoms with Crippen LogP contribution in [0.2, 0.25) is 0 Å². The fraction of sp³-hybridized carbons (Fsp3) is 0.111. The predicted octanol–water partition coefficient (Wildman–Crippen LogP) is -0.128. The third kappa shape index (κ3) is 7.06. The minimum Gasteiger partial charge on any atom is -0.252 e. The van der Waals surface area contributed by atoms with Gasteiger partial charge in [-0.15, -0.1) is 6.58 Å². The van der Waals surface area contributed by atoms with E-state index in [1.165, 1.54) is 5.56 Å². The monoisotopic (exact) mass is 407 g/mol. The first-order valence-corrected chi connectivity index (χ1v) is 9.79. The SMILES string of the molecule is C=CCN=c1nc(-c2ccccc2)n(-c2ccc(C)cc2)s1.[O-][Cl+3]([O-])([O-])O. The molecule has 0 amide bonds. The number of aromatic nitrogens is 2. The Kier molecular flexibility index (Phi) is 7.43. The molecule has 0 saturated heterocycles. The summed E-state index contributed by atoms with van der Waals surface area (Å²) < 4.78 is 34.8. The molecule has 3 rings (SSSR count). The van der Waals surface area contributed by atoms with Gasteiger partial charge in [0.15, 0.2) is 5.82 Å². The van der Waals surface area contributed by atoms with Crippen LogP contribution >= 0.6 is 11.5 Å². The summed E-state index contributed by atoms with van der Waals surface area (Å²) in [5.74, 6) is 0.914. The zero-order chi connectivity index (χ0) is 19.9. The molecule has 0 atom stereocenters. The zero-order valence-electron chi connectivity index (χ0n) is 14.5. The van der Waals surface area contributed by atoms with Crippen molar-refractivity contribution >= 4 is 11.5 Å². The first-order valence-electron chi connectivity index (χ1n) is 7.75. The lowest BCUT2D eigenvalue weighted by Crippen LogP contribution is -2.58. The van der Waals surface area contributed by atoms with Crippen molar-refractivity contribution in [3.8, 4) is 17.1 Å². The van der Waals surface area contributed by atoms with Crippen molar-refractivity contribution in [3.63, 3.8) is 0 Å². The molecule has 1 N–H and O–H groups in total. The summed E-state index contributed by atoms with van der Waals surface area (Å²) in [7, 11) is -4.69. The van der Waals surface area contributed by atoms with Crippen LogP contribution in [0.25, 0.3) is 17.1 Å². The Balaban J connectivity index is 0.000000465. The average molecular weight is 408 g/mol. The number of halogens is 1. The molecule has 0 aliphatic carbocycles. The van der Waals surface area contributed by atoms with Gasteiger partial charge in [0.05, 0.1) is 27.1 Å². The minimum absolute atomic E-state index is 0.579. The Labute approximate surface area is 162 Å². The highest BCUT2D eigenvalue weighted by Crippen LogP contribution is 2.22. The van der Waals surface area contributed by atoms with E-state index in [2.05, 4.69) is 63.8 Å². The van der Waals surface area contributed by atoms with Crippen LogP contribution < -0.4 is 18.8 Å². The van der Waals surface area contributed by atoms with Crippen LogP contribution in [0.1, 0.15) is 5.56 Å². The van der Waals surface area contributed by atoms with Gasteiger partial charge in [-0.25, -0.2) is 3.96 Å². The Bertz CT molecular complexity index is 926. The maximum Gasteiger partial charge on any atom is 0.223 e. The molecule has 7 nitrogen and oxygen atoms in total. The van der Waals surface area contributed by atoms with Gasteiger partial charge in [0.25, 0.3) is 0 Å². The Morgan fingerprint density at radius 3 is 2.30 bits per heavy atom. The smallest absolute Gasteiger partial charge is 0.223 e. The highest BCUT2D eigenvalue weighted by Gasteiger charge is 2.10. The Morgan fingerprint density at radius 1 is 1.15 bits per heavy atom. The summed E-state index contributed by atoms with van der Waals surface area (Å²) in [6, 6.07) is 18.6. The molecule has 1 aromatic heterocycles. The summed E-state index contributed by atoms with van der Waals surface area (Å²) in [5, 5.41) is 0. The quantitative estimate of drug-likeness (QED) is 0.604. The molecule has 0 bridgehead atoms. The van der Waals surface area contributed by atoms with Gasteiger partial charge in [-0.05, 0) is 30.6 Å². The maximum absolute atomic E-state index is 8.60. The third-order valence-corrected chi connectivity index (χ3v) is 4.17. The van der Waals surface area contributed by atoms with Gasteiger partial charge >= 0.3 is 0 Å². The van der Waals surface area contributed by atoms with Crippen LogP contribution in [-0.2, 0) is 0 Å². The zero-order valence-corrected chi connectivity index (χ0v) is 16.1. The fourth-order valence-electron chi connectivity index (χ4n) is 2.11. The van der Waals surface area contributed by atoms with E-state index in [-0.39, 0.29) is 0 Å². The van der Waals surface area contributed by atoms with Crippen molar-refractivity contribution in [1.29, 1.82) is 0 Å². The number of benzene rings is 2. The van der Waals surface area contributed by atoms with Crippen LogP contribution in [-0.4, -0.2) is 20.1 Å². The van der Waals surface area contributed by atoms with Gasteiger partial charge in [0.2, 0.25) is 4.80 Å². The number of rotatable bonds is 4. The second-order valence-electron chi connectivity index (χ2n) is 5.33. The van der Waals surface area contributed by atoms with Crippen LogP contribution in [0.15, 0.2) is 72.2 Å². The first kappa shape index (κ1) is 21.0. The van der Waals surface area contributed by atoms with E-state index < -0.39 is 10.2 Å². The van der Waals surface area contributed by atoms with Crippen molar-refractivity contribution in [1.82, 2.24) is 8.94 Å². The second kappa shape index (κ2) is 9.56. The molecule has 0 spiro atoms. The van der Waals surface area contributed by atoms with Gasteiger partial charge in [-0.2, -0.15) is 19.0 Å². The molecular weight excluding hydrogens is 390 g/mol. The Morgan fingerprint density at radius 2 is 1.74 bits per heavy atom. The van der Waals surface area contributed by atoms with Crippen molar-refractivity contribution in [2.45, 2.75) is 6.92 Å². The lowest BCUT2D eigenvalue weighted by atomic mass is 10.2. The molecule has 0 fully saturated rings. The number of hydrogen-bond donors (Lipinski definition) is 1. The fourth-order valence-corrected chi connectivity index (χ4v) is 3.00. The molecule has 0 saturated carbocycles. The lowest BCUT2D eigenvalue weighted by molar-refractivity contribution is -1.92. The molecule has 0 aliphatic rings. The maximum atomic E-state index is 8.60. The summed E-state index contributed by atoms with van der Waals surface area (Å²) in [4.78, 5) is 9.89. The molecule has 2 aromatic carbocycles. The van der Waals surface area contributed by atoms with E-state index in [0.29, 0.717) is 6.54 Å². The van der Waals surface area contributed by atoms with Crippen LogP contribution in [0.4, 0.5) is 0 Å². The lowest BCUT2D eigenvalue weighted by Gasteiger charge is -2.06. The van der Waals surface area contributed by atoms with E-state index in [1.54, 1.807) is 17.6 Å². The normalized spacial score (nSPS) is 11.7. The van der Waals surface area contributed by atoms with Crippen LogP contribution in [0.3, 0.4) is 0 Å². The van der Waals surface area contributed by atoms with E-state index >= 15 is 0 Å². The molecule has 27 heavy (non-hydrogen) atoms. The first-order chi connectivity index (χ1) is 12.8. The minimum atomic E-state index is -4.69. The molecule has 3 aromatic rings. The molecular formula is C18H18ClN3O4S. The van der Waals surface area contributed by atoms with Gasteiger partial charge in [0.1, 0.15) is 0 Å². The number of hydrogen-bond acceptors (Lipinski definition) is 7. The average Bonchev–Trinajstić information content (AvgIpc) is 3.04. The molecule has 1 heterocycles. The molecule has 9 heteroatoms. The molecule has 0 unspecified atom stereocenters. The molecule has 0 aliphatic heterocycles.